The number of nitrogens with zero attached hydrogens (tertiary/aromatic N) is 1. The summed E-state index contributed by atoms with van der Waals surface area (Å²) in [5, 5.41) is 3.05. The van der Waals surface area contributed by atoms with Gasteiger partial charge in [0.2, 0.25) is 0 Å². The van der Waals surface area contributed by atoms with Gasteiger partial charge in [0.05, 0.1) is 5.57 Å². The minimum atomic E-state index is -0.201. The van der Waals surface area contributed by atoms with Crippen LogP contribution in [0.3, 0.4) is 0 Å². The molecule has 1 aliphatic carbocycles. The van der Waals surface area contributed by atoms with Crippen LogP contribution in [0.4, 0.5) is 5.82 Å². The van der Waals surface area contributed by atoms with Gasteiger partial charge in [-0.2, -0.15) is 0 Å². The van der Waals surface area contributed by atoms with Crippen LogP contribution < -0.4 is 5.32 Å². The summed E-state index contributed by atoms with van der Waals surface area (Å²) in [7, 11) is 0. The highest BCUT2D eigenvalue weighted by Gasteiger charge is 2.32. The molecule has 0 amide bonds. The Morgan fingerprint density at radius 1 is 0.950 bits per heavy atom. The molecule has 0 atom stereocenters. The van der Waals surface area contributed by atoms with E-state index < -0.39 is 0 Å². The molecule has 1 aromatic carbocycles. The number of allylic oxidation sites excluding steroid dienone is 1. The van der Waals surface area contributed by atoms with Crippen LogP contribution in [0.1, 0.15) is 20.7 Å². The van der Waals surface area contributed by atoms with E-state index in [1.165, 1.54) is 0 Å². The van der Waals surface area contributed by atoms with Gasteiger partial charge in [-0.15, -0.1) is 0 Å². The summed E-state index contributed by atoms with van der Waals surface area (Å²) >= 11 is 0. The van der Waals surface area contributed by atoms with E-state index in [1.54, 1.807) is 36.5 Å². The minimum absolute atomic E-state index is 0.201. The highest BCUT2D eigenvalue weighted by molar-refractivity contribution is 6.39. The maximum atomic E-state index is 12.1. The molecule has 0 saturated heterocycles. The Balaban J connectivity index is 1.77. The first-order chi connectivity index (χ1) is 9.77. The van der Waals surface area contributed by atoms with Crippen LogP contribution in [0.15, 0.2) is 60.3 Å². The molecular formula is C16H12N2O2. The van der Waals surface area contributed by atoms with Crippen LogP contribution in [0.25, 0.3) is 0 Å². The Labute approximate surface area is 116 Å². The molecule has 3 rings (SSSR count). The highest BCUT2D eigenvalue weighted by atomic mass is 16.2. The van der Waals surface area contributed by atoms with Crippen LogP contribution >= 0.6 is 0 Å². The van der Waals surface area contributed by atoms with Gasteiger partial charge in [-0.25, -0.2) is 4.98 Å². The van der Waals surface area contributed by atoms with Crippen molar-refractivity contribution in [1.29, 1.82) is 0 Å². The second-order valence-electron chi connectivity index (χ2n) is 4.42. The Kier molecular flexibility index (Phi) is 3.13. The van der Waals surface area contributed by atoms with Gasteiger partial charge in [0.15, 0.2) is 11.6 Å². The SMILES string of the molecule is O=C1C(=CCNc2ccccn2)C(=O)c2ccccc21. The molecule has 1 aliphatic rings. The standard InChI is InChI=1S/C16H12N2O2/c19-15-11-5-1-2-6-12(11)16(20)13(15)8-10-18-14-7-3-4-9-17-14/h1-9H,10H2,(H,17,18). The number of Topliss-reactive ketones (excluding diaryl/α,β-unsaturated/α-hetero) is 2. The van der Waals surface area contributed by atoms with Crippen molar-refractivity contribution in [2.45, 2.75) is 0 Å². The molecule has 0 aliphatic heterocycles. The predicted octanol–water partition coefficient (Wildman–Crippen LogP) is 2.50. The average molecular weight is 264 g/mol. The van der Waals surface area contributed by atoms with Crippen molar-refractivity contribution < 1.29 is 9.59 Å². The van der Waals surface area contributed by atoms with Gasteiger partial charge < -0.3 is 5.32 Å². The number of ketones is 2. The number of hydrogen-bond donors (Lipinski definition) is 1. The summed E-state index contributed by atoms with van der Waals surface area (Å²) in [5.41, 5.74) is 1.21. The fourth-order valence-electron chi connectivity index (χ4n) is 2.18. The highest BCUT2D eigenvalue weighted by Crippen LogP contribution is 2.25. The molecule has 4 nitrogen and oxygen atoms in total. The lowest BCUT2D eigenvalue weighted by molar-refractivity contribution is 0.0988. The summed E-state index contributed by atoms with van der Waals surface area (Å²) in [6, 6.07) is 12.4. The first kappa shape index (κ1) is 12.3. The van der Waals surface area contributed by atoms with E-state index >= 15 is 0 Å². The minimum Gasteiger partial charge on any atom is -0.367 e. The van der Waals surface area contributed by atoms with Crippen molar-refractivity contribution >= 4 is 17.4 Å². The molecule has 4 heteroatoms. The van der Waals surface area contributed by atoms with E-state index in [2.05, 4.69) is 10.3 Å². The zero-order valence-corrected chi connectivity index (χ0v) is 10.7. The number of aromatic nitrogens is 1. The number of rotatable bonds is 3. The van der Waals surface area contributed by atoms with Crippen molar-refractivity contribution in [2.75, 3.05) is 11.9 Å². The molecule has 1 N–H and O–H groups in total. The van der Waals surface area contributed by atoms with Gasteiger partial charge in [0.1, 0.15) is 5.82 Å². The van der Waals surface area contributed by atoms with Crippen molar-refractivity contribution in [2.24, 2.45) is 0 Å². The van der Waals surface area contributed by atoms with Crippen LogP contribution in [-0.2, 0) is 0 Å². The Bertz CT molecular complexity index is 668. The topological polar surface area (TPSA) is 59.1 Å². The lowest BCUT2D eigenvalue weighted by Crippen LogP contribution is -2.06. The average Bonchev–Trinajstić information content (AvgIpc) is 2.74. The van der Waals surface area contributed by atoms with E-state index in [0.717, 1.165) is 0 Å². The predicted molar refractivity (Wildman–Crippen MR) is 75.9 cm³/mol. The first-order valence-electron chi connectivity index (χ1n) is 6.31. The summed E-state index contributed by atoms with van der Waals surface area (Å²) in [4.78, 5) is 28.3. The third-order valence-corrected chi connectivity index (χ3v) is 3.16. The Hall–Kier alpha value is -2.75. The number of nitrogens with one attached hydrogen (secondary N) is 1. The molecule has 0 radical (unpaired) electrons. The zero-order valence-electron chi connectivity index (χ0n) is 10.7. The largest absolute Gasteiger partial charge is 0.367 e. The van der Waals surface area contributed by atoms with E-state index in [4.69, 9.17) is 0 Å². The number of carbonyl (C=O) groups excluding carboxylic acids is 2. The van der Waals surface area contributed by atoms with Gasteiger partial charge in [-0.1, -0.05) is 36.4 Å². The van der Waals surface area contributed by atoms with Crippen molar-refractivity contribution in [3.63, 3.8) is 0 Å². The summed E-state index contributed by atoms with van der Waals surface area (Å²) in [5.74, 6) is 0.307. The van der Waals surface area contributed by atoms with E-state index in [9.17, 15) is 9.59 Å². The normalized spacial score (nSPS) is 13.3. The lowest BCUT2D eigenvalue weighted by atomic mass is 10.1. The molecule has 98 valence electrons. The van der Waals surface area contributed by atoms with Gasteiger partial charge >= 0.3 is 0 Å². The quantitative estimate of drug-likeness (QED) is 0.683. The molecule has 20 heavy (non-hydrogen) atoms. The van der Waals surface area contributed by atoms with Crippen LogP contribution in [0.5, 0.6) is 0 Å². The monoisotopic (exact) mass is 264 g/mol. The molecule has 1 aromatic heterocycles. The summed E-state index contributed by atoms with van der Waals surface area (Å²) in [6.07, 6.45) is 3.30. The number of carbonyl (C=O) groups is 2. The summed E-state index contributed by atoms with van der Waals surface area (Å²) in [6.45, 7) is 0.387. The number of pyridine rings is 1. The van der Waals surface area contributed by atoms with Crippen molar-refractivity contribution in [3.05, 3.63) is 71.4 Å². The molecular weight excluding hydrogens is 252 g/mol. The fraction of sp³-hybridized carbons (Fsp3) is 0.0625. The molecule has 2 aromatic rings. The zero-order chi connectivity index (χ0) is 13.9. The van der Waals surface area contributed by atoms with Crippen LogP contribution in [0.2, 0.25) is 0 Å². The molecule has 0 spiro atoms. The van der Waals surface area contributed by atoms with Gasteiger partial charge in [0.25, 0.3) is 0 Å². The van der Waals surface area contributed by atoms with Crippen molar-refractivity contribution in [1.82, 2.24) is 4.98 Å². The second kappa shape index (κ2) is 5.09. The number of hydrogen-bond acceptors (Lipinski definition) is 4. The van der Waals surface area contributed by atoms with Crippen molar-refractivity contribution in [3.8, 4) is 0 Å². The Morgan fingerprint density at radius 3 is 2.20 bits per heavy atom. The number of fused-ring (bicyclic) bond motifs is 1. The van der Waals surface area contributed by atoms with E-state index in [0.29, 0.717) is 23.5 Å². The molecule has 0 unspecified atom stereocenters. The van der Waals surface area contributed by atoms with Gasteiger partial charge in [-0.05, 0) is 12.1 Å². The fourth-order valence-corrected chi connectivity index (χ4v) is 2.18. The lowest BCUT2D eigenvalue weighted by Gasteiger charge is -2.01. The maximum absolute atomic E-state index is 12.1. The van der Waals surface area contributed by atoms with E-state index in [-0.39, 0.29) is 17.1 Å². The third-order valence-electron chi connectivity index (χ3n) is 3.16. The van der Waals surface area contributed by atoms with Gasteiger partial charge in [0, 0.05) is 23.9 Å². The number of benzene rings is 1. The molecule has 0 bridgehead atoms. The molecule has 0 saturated carbocycles. The maximum Gasteiger partial charge on any atom is 0.197 e. The first-order valence-corrected chi connectivity index (χ1v) is 6.31. The smallest absolute Gasteiger partial charge is 0.197 e. The summed E-state index contributed by atoms with van der Waals surface area (Å²) < 4.78 is 0. The molecule has 1 heterocycles. The van der Waals surface area contributed by atoms with Crippen LogP contribution in [-0.4, -0.2) is 23.1 Å². The second-order valence-corrected chi connectivity index (χ2v) is 4.42. The van der Waals surface area contributed by atoms with E-state index in [1.807, 2.05) is 18.2 Å². The molecule has 0 fully saturated rings. The van der Waals surface area contributed by atoms with Crippen LogP contribution in [0, 0.1) is 0 Å². The van der Waals surface area contributed by atoms with Gasteiger partial charge in [-0.3, -0.25) is 9.59 Å². The Morgan fingerprint density at radius 2 is 1.60 bits per heavy atom. The number of anilines is 1. The third kappa shape index (κ3) is 2.12.